The molecule has 8 rings (SSSR count). The van der Waals surface area contributed by atoms with Crippen LogP contribution in [-0.4, -0.2) is 89.6 Å². The van der Waals surface area contributed by atoms with Crippen LogP contribution in [0.25, 0.3) is 10.9 Å². The van der Waals surface area contributed by atoms with Crippen molar-refractivity contribution in [2.45, 2.75) is 61.8 Å². The second kappa shape index (κ2) is 11.4. The van der Waals surface area contributed by atoms with Crippen molar-refractivity contribution in [1.82, 2.24) is 14.5 Å². The zero-order valence-corrected chi connectivity index (χ0v) is 29.4. The molecular formula is C40H44N4O6. The highest BCUT2D eigenvalue weighted by atomic mass is 16.6. The Morgan fingerprint density at radius 3 is 2.52 bits per heavy atom. The fourth-order valence-corrected chi connectivity index (χ4v) is 10.6. The highest BCUT2D eigenvalue weighted by Gasteiger charge is 2.80. The van der Waals surface area contributed by atoms with Gasteiger partial charge in [-0.05, 0) is 60.7 Å². The minimum Gasteiger partial charge on any atom is -0.496 e. The molecule has 4 aliphatic rings. The molecule has 2 fully saturated rings. The van der Waals surface area contributed by atoms with Gasteiger partial charge in [-0.15, -0.1) is 0 Å². The number of hydrogen-bond acceptors (Lipinski definition) is 9. The first-order chi connectivity index (χ1) is 24.1. The van der Waals surface area contributed by atoms with Crippen LogP contribution in [0.1, 0.15) is 55.1 Å². The summed E-state index contributed by atoms with van der Waals surface area (Å²) in [6.45, 7) is 4.85. The lowest BCUT2D eigenvalue weighted by Crippen LogP contribution is -2.81. The third-order valence-electron chi connectivity index (χ3n) is 12.3. The maximum absolute atomic E-state index is 14.2. The standard InChI is InChI=1S/C40H44N4O6/c1-7-38-16-12-19-44-20-17-39(34(38)44)27-22-26(33(28-14-10-11-18-41-28)31-21-25-13-8-9-15-29(25)42(31)3)32(48-5)23-30(27)43(4)35(39)40(47,37(46)49-6)36(38)50-24(2)45/h8-16,18,21-23,33-36,47H,7,17,19-20H2,1-6H3/t33-,34-,35-,36+,38-,39+,40+/m0/s1. The topological polar surface area (TPSA) is 106 Å². The van der Waals surface area contributed by atoms with Gasteiger partial charge in [0.1, 0.15) is 5.75 Å². The van der Waals surface area contributed by atoms with Crippen molar-refractivity contribution in [3.8, 4) is 5.75 Å². The van der Waals surface area contributed by atoms with Gasteiger partial charge in [-0.3, -0.25) is 14.7 Å². The third kappa shape index (κ3) is 4.06. The molecule has 50 heavy (non-hydrogen) atoms. The van der Waals surface area contributed by atoms with Crippen LogP contribution in [0.5, 0.6) is 5.75 Å². The lowest BCUT2D eigenvalue weighted by molar-refractivity contribution is -0.228. The van der Waals surface area contributed by atoms with Crippen LogP contribution in [0.2, 0.25) is 0 Å². The van der Waals surface area contributed by atoms with E-state index in [0.29, 0.717) is 18.6 Å². The number of nitrogens with zero attached hydrogens (tertiary/aromatic N) is 4. The van der Waals surface area contributed by atoms with E-state index in [1.807, 2.05) is 61.5 Å². The van der Waals surface area contributed by atoms with E-state index in [-0.39, 0.29) is 12.0 Å². The van der Waals surface area contributed by atoms with Gasteiger partial charge in [-0.25, -0.2) is 4.79 Å². The molecule has 2 aromatic heterocycles. The second-order valence-corrected chi connectivity index (χ2v) is 14.4. The number of rotatable bonds is 7. The van der Waals surface area contributed by atoms with Gasteiger partial charge in [0, 0.05) is 79.2 Å². The first-order valence-corrected chi connectivity index (χ1v) is 17.4. The van der Waals surface area contributed by atoms with Crippen LogP contribution in [0, 0.1) is 5.41 Å². The highest BCUT2D eigenvalue weighted by Crippen LogP contribution is 2.68. The number of aryl methyl sites for hydroxylation is 1. The SMILES string of the molecule is CC[C@@]12C=CCN3CC[C@@]4(c5cc([C@@H](c6ccccn6)c6cc7ccccc7n6C)c(OC)cc5N(C)[C@@H]4[C@](O)(C(=O)OC)[C@@H]1OC(C)=O)[C@@H]32. The minimum atomic E-state index is -2.19. The van der Waals surface area contributed by atoms with E-state index in [2.05, 4.69) is 52.9 Å². The first kappa shape index (κ1) is 32.5. The van der Waals surface area contributed by atoms with Crippen molar-refractivity contribution in [3.05, 3.63) is 102 Å². The summed E-state index contributed by atoms with van der Waals surface area (Å²) in [4.78, 5) is 36.3. The Morgan fingerprint density at radius 2 is 1.84 bits per heavy atom. The molecule has 4 aromatic rings. The van der Waals surface area contributed by atoms with Gasteiger partial charge >= 0.3 is 11.9 Å². The number of aromatic nitrogens is 2. The molecule has 10 nitrogen and oxygen atoms in total. The average molecular weight is 677 g/mol. The van der Waals surface area contributed by atoms with Crippen LogP contribution < -0.4 is 9.64 Å². The maximum Gasteiger partial charge on any atom is 0.344 e. The molecule has 0 radical (unpaired) electrons. The first-order valence-electron chi connectivity index (χ1n) is 17.4. The normalized spacial score (nSPS) is 30.1. The number of esters is 2. The molecule has 3 aliphatic heterocycles. The number of methoxy groups -OCH3 is 2. The lowest BCUT2D eigenvalue weighted by atomic mass is 9.47. The smallest absolute Gasteiger partial charge is 0.344 e. The highest BCUT2D eigenvalue weighted by molar-refractivity contribution is 5.87. The second-order valence-electron chi connectivity index (χ2n) is 14.4. The summed E-state index contributed by atoms with van der Waals surface area (Å²) in [5.41, 5.74) is 2.07. The third-order valence-corrected chi connectivity index (χ3v) is 12.3. The zero-order valence-electron chi connectivity index (χ0n) is 29.4. The predicted molar refractivity (Wildman–Crippen MR) is 189 cm³/mol. The Bertz CT molecular complexity index is 2040. The Morgan fingerprint density at radius 1 is 1.06 bits per heavy atom. The van der Waals surface area contributed by atoms with E-state index in [4.69, 9.17) is 19.2 Å². The number of fused-ring (bicyclic) bond motifs is 2. The summed E-state index contributed by atoms with van der Waals surface area (Å²) in [5, 5.41) is 14.2. The van der Waals surface area contributed by atoms with Crippen LogP contribution in [-0.2, 0) is 31.5 Å². The summed E-state index contributed by atoms with van der Waals surface area (Å²) >= 11 is 0. The van der Waals surface area contributed by atoms with Crippen LogP contribution in [0.3, 0.4) is 0 Å². The monoisotopic (exact) mass is 676 g/mol. The molecule has 1 aliphatic carbocycles. The van der Waals surface area contributed by atoms with Crippen molar-refractivity contribution in [2.24, 2.45) is 12.5 Å². The van der Waals surface area contributed by atoms with Crippen molar-refractivity contribution < 1.29 is 28.9 Å². The molecule has 5 heterocycles. The average Bonchev–Trinajstić information content (AvgIpc) is 3.76. The predicted octanol–water partition coefficient (Wildman–Crippen LogP) is 4.71. The number of hydrogen-bond donors (Lipinski definition) is 1. The van der Waals surface area contributed by atoms with Gasteiger partial charge in [-0.2, -0.15) is 0 Å². The summed E-state index contributed by atoms with van der Waals surface area (Å²) in [7, 11) is 6.96. The van der Waals surface area contributed by atoms with Gasteiger partial charge < -0.3 is 28.8 Å². The lowest BCUT2D eigenvalue weighted by Gasteiger charge is -2.63. The van der Waals surface area contributed by atoms with E-state index in [1.165, 1.54) is 14.0 Å². The fourth-order valence-electron chi connectivity index (χ4n) is 10.6. The summed E-state index contributed by atoms with van der Waals surface area (Å²) in [6.07, 6.45) is 6.03. The molecule has 260 valence electrons. The van der Waals surface area contributed by atoms with Crippen LogP contribution in [0.15, 0.2) is 79.0 Å². The molecule has 2 aromatic carbocycles. The van der Waals surface area contributed by atoms with Gasteiger partial charge in [0.15, 0.2) is 6.10 Å². The van der Waals surface area contributed by atoms with Crippen LogP contribution in [0.4, 0.5) is 5.69 Å². The van der Waals surface area contributed by atoms with Crippen molar-refractivity contribution in [3.63, 3.8) is 0 Å². The summed E-state index contributed by atoms with van der Waals surface area (Å²) in [6, 6.07) is 19.8. The molecule has 1 N–H and O–H groups in total. The Kier molecular flexibility index (Phi) is 7.44. The number of benzene rings is 2. The Labute approximate surface area is 292 Å². The number of para-hydroxylation sites is 1. The largest absolute Gasteiger partial charge is 0.496 e. The van der Waals surface area contributed by atoms with Crippen molar-refractivity contribution in [1.29, 1.82) is 0 Å². The maximum atomic E-state index is 14.2. The molecule has 1 saturated heterocycles. The number of carbonyl (C=O) groups excluding carboxylic acids is 2. The van der Waals surface area contributed by atoms with Crippen LogP contribution >= 0.6 is 0 Å². The zero-order chi connectivity index (χ0) is 35.2. The summed E-state index contributed by atoms with van der Waals surface area (Å²) in [5.74, 6) is -1.00. The molecule has 10 heteroatoms. The molecule has 1 spiro atoms. The molecule has 0 amide bonds. The number of pyridine rings is 1. The number of anilines is 1. The van der Waals surface area contributed by atoms with E-state index < -0.39 is 40.5 Å². The molecule has 0 bridgehead atoms. The quantitative estimate of drug-likeness (QED) is 0.220. The summed E-state index contributed by atoms with van der Waals surface area (Å²) < 4.78 is 20.0. The van der Waals surface area contributed by atoms with Crippen molar-refractivity contribution >= 4 is 28.5 Å². The molecule has 7 atom stereocenters. The van der Waals surface area contributed by atoms with E-state index >= 15 is 0 Å². The molecule has 0 unspecified atom stereocenters. The van der Waals surface area contributed by atoms with Gasteiger partial charge in [0.2, 0.25) is 5.60 Å². The van der Waals surface area contributed by atoms with Gasteiger partial charge in [0.05, 0.1) is 31.9 Å². The fraction of sp³-hybridized carbons (Fsp3) is 0.425. The van der Waals surface area contributed by atoms with Gasteiger partial charge in [-0.1, -0.05) is 43.3 Å². The molecular weight excluding hydrogens is 632 g/mol. The minimum absolute atomic E-state index is 0.180. The number of carbonyl (C=O) groups is 2. The van der Waals surface area contributed by atoms with E-state index in [1.54, 1.807) is 7.11 Å². The van der Waals surface area contributed by atoms with Crippen molar-refractivity contribution in [2.75, 3.05) is 39.3 Å². The Balaban J connectivity index is 1.43. The van der Waals surface area contributed by atoms with E-state index in [9.17, 15) is 14.7 Å². The number of ether oxygens (including phenoxy) is 3. The number of likely N-dealkylation sites (N-methyl/N-ethyl adjacent to an activating group) is 1. The Hall–Kier alpha value is -4.67. The number of aliphatic hydroxyl groups is 1. The van der Waals surface area contributed by atoms with Gasteiger partial charge in [0.25, 0.3) is 0 Å². The molecule has 1 saturated carbocycles. The van der Waals surface area contributed by atoms with E-state index in [0.717, 1.165) is 52.2 Å².